The van der Waals surface area contributed by atoms with Gasteiger partial charge in [-0.15, -0.1) is 0 Å². The third-order valence-electron chi connectivity index (χ3n) is 1.59. The first-order chi connectivity index (χ1) is 5.25. The molecule has 2 unspecified atom stereocenters. The molecule has 1 saturated heterocycles. The third-order valence-corrected chi connectivity index (χ3v) is 1.59. The Bertz CT molecular complexity index is 199. The minimum atomic E-state index is -1.21. The average molecular weight is 157 g/mol. The second-order valence-electron chi connectivity index (χ2n) is 2.40. The van der Waals surface area contributed by atoms with E-state index in [0.29, 0.717) is 0 Å². The summed E-state index contributed by atoms with van der Waals surface area (Å²) in [7, 11) is 0. The minimum absolute atomic E-state index is 0.259. The predicted molar refractivity (Wildman–Crippen MR) is 34.5 cm³/mol. The van der Waals surface area contributed by atoms with E-state index in [1.54, 1.807) is 6.07 Å². The molecule has 0 saturated carbocycles. The fraction of sp³-hybridized carbons (Fsp3) is 0.714. The number of ether oxygens (including phenoxy) is 1. The van der Waals surface area contributed by atoms with Gasteiger partial charge in [0.2, 0.25) is 0 Å². The SMILES string of the molecule is N#CCC(=O)C1OCCC1F. The Hall–Kier alpha value is -0.950. The highest BCUT2D eigenvalue weighted by Crippen LogP contribution is 2.18. The number of carbonyl (C=O) groups is 1. The number of nitrogens with zero attached hydrogens (tertiary/aromatic N) is 1. The number of Topliss-reactive ketones (excluding diaryl/α,β-unsaturated/α-hetero) is 1. The molecular weight excluding hydrogens is 149 g/mol. The molecule has 0 aromatic heterocycles. The molecule has 1 aliphatic heterocycles. The highest BCUT2D eigenvalue weighted by atomic mass is 19.1. The van der Waals surface area contributed by atoms with Crippen molar-refractivity contribution < 1.29 is 13.9 Å². The van der Waals surface area contributed by atoms with Gasteiger partial charge in [-0.3, -0.25) is 4.79 Å². The zero-order chi connectivity index (χ0) is 8.27. The second-order valence-corrected chi connectivity index (χ2v) is 2.40. The van der Waals surface area contributed by atoms with E-state index in [1.807, 2.05) is 0 Å². The topological polar surface area (TPSA) is 50.1 Å². The van der Waals surface area contributed by atoms with Crippen LogP contribution in [-0.4, -0.2) is 24.7 Å². The Labute approximate surface area is 63.8 Å². The summed E-state index contributed by atoms with van der Waals surface area (Å²) >= 11 is 0. The maximum atomic E-state index is 12.7. The van der Waals surface area contributed by atoms with E-state index in [9.17, 15) is 9.18 Å². The zero-order valence-electron chi connectivity index (χ0n) is 5.92. The standard InChI is InChI=1S/C7H8FNO2/c8-5-2-4-11-7(5)6(10)1-3-9/h5,7H,1-2,4H2. The van der Waals surface area contributed by atoms with Crippen LogP contribution in [0.2, 0.25) is 0 Å². The molecule has 1 heterocycles. The van der Waals surface area contributed by atoms with E-state index in [2.05, 4.69) is 0 Å². The van der Waals surface area contributed by atoms with Crippen LogP contribution in [0.1, 0.15) is 12.8 Å². The monoisotopic (exact) mass is 157 g/mol. The van der Waals surface area contributed by atoms with E-state index in [1.165, 1.54) is 0 Å². The van der Waals surface area contributed by atoms with E-state index in [0.717, 1.165) is 0 Å². The minimum Gasteiger partial charge on any atom is -0.367 e. The van der Waals surface area contributed by atoms with Crippen LogP contribution in [0.15, 0.2) is 0 Å². The molecule has 1 fully saturated rings. The lowest BCUT2D eigenvalue weighted by atomic mass is 10.1. The van der Waals surface area contributed by atoms with Crippen LogP contribution in [0, 0.1) is 11.3 Å². The van der Waals surface area contributed by atoms with Gasteiger partial charge in [-0.25, -0.2) is 4.39 Å². The number of nitriles is 1. The smallest absolute Gasteiger partial charge is 0.178 e. The normalized spacial score (nSPS) is 29.8. The second kappa shape index (κ2) is 3.44. The van der Waals surface area contributed by atoms with Gasteiger partial charge < -0.3 is 4.74 Å². The Balaban J connectivity index is 2.47. The molecule has 11 heavy (non-hydrogen) atoms. The van der Waals surface area contributed by atoms with Crippen LogP contribution >= 0.6 is 0 Å². The van der Waals surface area contributed by atoms with Crippen molar-refractivity contribution in [1.29, 1.82) is 5.26 Å². The molecule has 0 bridgehead atoms. The summed E-state index contributed by atoms with van der Waals surface area (Å²) < 4.78 is 17.5. The number of hydrogen-bond acceptors (Lipinski definition) is 3. The number of rotatable bonds is 2. The number of hydrogen-bond donors (Lipinski definition) is 0. The van der Waals surface area contributed by atoms with E-state index >= 15 is 0 Å². The van der Waals surface area contributed by atoms with E-state index in [4.69, 9.17) is 10.00 Å². The summed E-state index contributed by atoms with van der Waals surface area (Å²) in [6.45, 7) is 0.281. The van der Waals surface area contributed by atoms with Crippen LogP contribution in [0.5, 0.6) is 0 Å². The predicted octanol–water partition coefficient (Wildman–Crippen LogP) is 0.596. The van der Waals surface area contributed by atoms with Gasteiger partial charge >= 0.3 is 0 Å². The summed E-state index contributed by atoms with van der Waals surface area (Å²) in [6, 6.07) is 1.67. The lowest BCUT2D eigenvalue weighted by Gasteiger charge is -2.07. The quantitative estimate of drug-likeness (QED) is 0.589. The number of alkyl halides is 1. The van der Waals surface area contributed by atoms with Gasteiger partial charge in [0.15, 0.2) is 5.78 Å². The molecule has 0 radical (unpaired) electrons. The fourth-order valence-electron chi connectivity index (χ4n) is 1.04. The molecule has 1 aliphatic rings. The van der Waals surface area contributed by atoms with Crippen molar-refractivity contribution in [3.05, 3.63) is 0 Å². The van der Waals surface area contributed by atoms with Gasteiger partial charge in [-0.05, 0) is 0 Å². The lowest BCUT2D eigenvalue weighted by molar-refractivity contribution is -0.128. The Morgan fingerprint density at radius 3 is 3.00 bits per heavy atom. The van der Waals surface area contributed by atoms with Gasteiger partial charge in [0.25, 0.3) is 0 Å². The van der Waals surface area contributed by atoms with Crippen LogP contribution in [-0.2, 0) is 9.53 Å². The van der Waals surface area contributed by atoms with Crippen LogP contribution < -0.4 is 0 Å². The maximum absolute atomic E-state index is 12.7. The van der Waals surface area contributed by atoms with Crippen LogP contribution in [0.3, 0.4) is 0 Å². The molecule has 0 N–H and O–H groups in total. The summed E-state index contributed by atoms with van der Waals surface area (Å²) in [6.07, 6.45) is -2.18. The Kier molecular flexibility index (Phi) is 2.55. The average Bonchev–Trinajstić information content (AvgIpc) is 2.36. The Morgan fingerprint density at radius 1 is 1.82 bits per heavy atom. The number of ketones is 1. The van der Waals surface area contributed by atoms with Gasteiger partial charge in [0.05, 0.1) is 19.1 Å². The highest BCUT2D eigenvalue weighted by molar-refractivity contribution is 5.85. The number of halogens is 1. The van der Waals surface area contributed by atoms with Crippen molar-refractivity contribution in [3.63, 3.8) is 0 Å². The van der Waals surface area contributed by atoms with E-state index in [-0.39, 0.29) is 19.4 Å². The molecule has 4 heteroatoms. The van der Waals surface area contributed by atoms with Gasteiger partial charge in [0, 0.05) is 6.42 Å². The lowest BCUT2D eigenvalue weighted by Crippen LogP contribution is -2.27. The molecule has 0 aromatic rings. The molecule has 0 amide bonds. The molecular formula is C7H8FNO2. The van der Waals surface area contributed by atoms with Crippen LogP contribution in [0.25, 0.3) is 0 Å². The van der Waals surface area contributed by atoms with Crippen molar-refractivity contribution in [2.24, 2.45) is 0 Å². The largest absolute Gasteiger partial charge is 0.367 e. The van der Waals surface area contributed by atoms with Gasteiger partial charge in [0.1, 0.15) is 12.3 Å². The van der Waals surface area contributed by atoms with Crippen molar-refractivity contribution >= 4 is 5.78 Å². The fourth-order valence-corrected chi connectivity index (χ4v) is 1.04. The number of carbonyl (C=O) groups excluding carboxylic acids is 1. The van der Waals surface area contributed by atoms with Crippen molar-refractivity contribution in [2.45, 2.75) is 25.1 Å². The van der Waals surface area contributed by atoms with E-state index < -0.39 is 18.1 Å². The van der Waals surface area contributed by atoms with Crippen molar-refractivity contribution in [2.75, 3.05) is 6.61 Å². The van der Waals surface area contributed by atoms with Gasteiger partial charge in [-0.1, -0.05) is 0 Å². The highest BCUT2D eigenvalue weighted by Gasteiger charge is 2.33. The maximum Gasteiger partial charge on any atom is 0.178 e. The molecule has 0 spiro atoms. The summed E-state index contributed by atoms with van der Waals surface area (Å²) in [5.74, 6) is -0.447. The Morgan fingerprint density at radius 2 is 2.55 bits per heavy atom. The first-order valence-corrected chi connectivity index (χ1v) is 3.41. The van der Waals surface area contributed by atoms with Gasteiger partial charge in [-0.2, -0.15) is 5.26 Å². The molecule has 1 rings (SSSR count). The molecule has 2 atom stereocenters. The van der Waals surface area contributed by atoms with Crippen molar-refractivity contribution in [1.82, 2.24) is 0 Å². The third kappa shape index (κ3) is 1.75. The van der Waals surface area contributed by atoms with Crippen LogP contribution in [0.4, 0.5) is 4.39 Å². The summed E-state index contributed by atoms with van der Waals surface area (Å²) in [5, 5.41) is 8.13. The van der Waals surface area contributed by atoms with Crippen molar-refractivity contribution in [3.8, 4) is 6.07 Å². The first-order valence-electron chi connectivity index (χ1n) is 3.41. The molecule has 0 aromatic carbocycles. The molecule has 60 valence electrons. The summed E-state index contributed by atoms with van der Waals surface area (Å²) in [4.78, 5) is 10.9. The zero-order valence-corrected chi connectivity index (χ0v) is 5.92. The summed E-state index contributed by atoms with van der Waals surface area (Å²) in [5.41, 5.74) is 0. The first kappa shape index (κ1) is 8.15. The molecule has 3 nitrogen and oxygen atoms in total. The molecule has 0 aliphatic carbocycles.